The van der Waals surface area contributed by atoms with E-state index in [2.05, 4.69) is 0 Å². The Kier molecular flexibility index (Phi) is 4.85. The largest absolute Gasteiger partial charge is 0.386 e. The number of hydrogen-bond acceptors (Lipinski definition) is 2. The van der Waals surface area contributed by atoms with Crippen molar-refractivity contribution < 1.29 is 9.84 Å². The van der Waals surface area contributed by atoms with Gasteiger partial charge in [-0.25, -0.2) is 0 Å². The molecule has 4 heteroatoms. The van der Waals surface area contributed by atoms with E-state index in [1.54, 1.807) is 25.3 Å². The summed E-state index contributed by atoms with van der Waals surface area (Å²) in [5, 5.41) is 11.4. The maximum absolute atomic E-state index is 10.4. The zero-order valence-electron chi connectivity index (χ0n) is 10.5. The number of rotatable bonds is 3. The van der Waals surface area contributed by atoms with Gasteiger partial charge in [-0.15, -0.1) is 0 Å². The van der Waals surface area contributed by atoms with E-state index in [1.165, 1.54) is 0 Å². The molecule has 17 heavy (non-hydrogen) atoms. The predicted molar refractivity (Wildman–Crippen MR) is 71.7 cm³/mol. The van der Waals surface area contributed by atoms with Crippen LogP contribution < -0.4 is 0 Å². The van der Waals surface area contributed by atoms with Gasteiger partial charge in [0.2, 0.25) is 0 Å². The number of methoxy groups -OCH3 is 1. The summed E-state index contributed by atoms with van der Waals surface area (Å²) in [6, 6.07) is 5.04. The lowest BCUT2D eigenvalue weighted by molar-refractivity contribution is -0.0723. The summed E-state index contributed by atoms with van der Waals surface area (Å²) in [5.74, 6) is 0. The molecule has 0 aromatic heterocycles. The van der Waals surface area contributed by atoms with Gasteiger partial charge in [0, 0.05) is 22.7 Å². The van der Waals surface area contributed by atoms with Crippen LogP contribution >= 0.6 is 23.2 Å². The van der Waals surface area contributed by atoms with E-state index in [0.29, 0.717) is 15.6 Å². The van der Waals surface area contributed by atoms with Crippen LogP contribution in [-0.2, 0) is 4.74 Å². The third-order valence-electron chi connectivity index (χ3n) is 2.67. The molecule has 0 spiro atoms. The zero-order chi connectivity index (χ0) is 13.2. The number of benzene rings is 1. The van der Waals surface area contributed by atoms with E-state index >= 15 is 0 Å². The van der Waals surface area contributed by atoms with Crippen molar-refractivity contribution in [2.75, 3.05) is 7.11 Å². The fourth-order valence-corrected chi connectivity index (χ4v) is 2.27. The molecule has 0 amide bonds. The Bertz CT molecular complexity index is 385. The molecule has 0 radical (unpaired) electrons. The van der Waals surface area contributed by atoms with Crippen molar-refractivity contribution in [3.8, 4) is 0 Å². The maximum atomic E-state index is 10.4. The third kappa shape index (κ3) is 3.59. The molecule has 0 saturated carbocycles. The second-order valence-corrected chi connectivity index (χ2v) is 5.98. The van der Waals surface area contributed by atoms with Crippen molar-refractivity contribution in [1.82, 2.24) is 0 Å². The second kappa shape index (κ2) is 5.57. The summed E-state index contributed by atoms with van der Waals surface area (Å²) < 4.78 is 5.37. The first-order chi connectivity index (χ1) is 7.77. The van der Waals surface area contributed by atoms with Gasteiger partial charge < -0.3 is 9.84 Å². The van der Waals surface area contributed by atoms with Gasteiger partial charge in [0.05, 0.1) is 6.10 Å². The molecule has 0 aliphatic carbocycles. The lowest BCUT2D eigenvalue weighted by atomic mass is 9.83. The summed E-state index contributed by atoms with van der Waals surface area (Å²) in [6.45, 7) is 6.01. The molecule has 0 bridgehead atoms. The van der Waals surface area contributed by atoms with Crippen LogP contribution in [0.3, 0.4) is 0 Å². The van der Waals surface area contributed by atoms with Crippen LogP contribution in [-0.4, -0.2) is 18.3 Å². The van der Waals surface area contributed by atoms with Crippen LogP contribution in [0.4, 0.5) is 0 Å². The van der Waals surface area contributed by atoms with E-state index in [4.69, 9.17) is 27.9 Å². The van der Waals surface area contributed by atoms with Crippen LogP contribution in [0.25, 0.3) is 0 Å². The number of aliphatic hydroxyl groups excluding tert-OH is 1. The maximum Gasteiger partial charge on any atom is 0.107 e. The van der Waals surface area contributed by atoms with E-state index in [9.17, 15) is 5.11 Å². The van der Waals surface area contributed by atoms with Crippen LogP contribution in [0.5, 0.6) is 0 Å². The van der Waals surface area contributed by atoms with Crippen molar-refractivity contribution in [2.45, 2.75) is 33.0 Å². The highest BCUT2D eigenvalue weighted by Crippen LogP contribution is 2.36. The summed E-state index contributed by atoms with van der Waals surface area (Å²) in [6.07, 6.45) is -1.15. The highest BCUT2D eigenvalue weighted by Gasteiger charge is 2.33. The number of ether oxygens (including phenoxy) is 1. The number of aliphatic hydroxyl groups is 1. The predicted octanol–water partition coefficient (Wildman–Crippen LogP) is 4.09. The first-order valence-corrected chi connectivity index (χ1v) is 6.18. The van der Waals surface area contributed by atoms with Gasteiger partial charge in [0.1, 0.15) is 6.10 Å². The van der Waals surface area contributed by atoms with Gasteiger partial charge in [-0.05, 0) is 23.6 Å². The van der Waals surface area contributed by atoms with Crippen molar-refractivity contribution in [1.29, 1.82) is 0 Å². The van der Waals surface area contributed by atoms with Crippen LogP contribution in [0, 0.1) is 5.41 Å². The van der Waals surface area contributed by atoms with Gasteiger partial charge in [0.25, 0.3) is 0 Å². The molecular weight excluding hydrogens is 259 g/mol. The molecule has 1 aromatic rings. The molecule has 2 unspecified atom stereocenters. The van der Waals surface area contributed by atoms with Crippen molar-refractivity contribution in [3.63, 3.8) is 0 Å². The minimum Gasteiger partial charge on any atom is -0.386 e. The van der Waals surface area contributed by atoms with Crippen LogP contribution in [0.1, 0.15) is 32.4 Å². The first kappa shape index (κ1) is 14.8. The highest BCUT2D eigenvalue weighted by atomic mass is 35.5. The summed E-state index contributed by atoms with van der Waals surface area (Å²) >= 11 is 12.0. The number of halogens is 2. The molecule has 0 saturated heterocycles. The quantitative estimate of drug-likeness (QED) is 0.901. The third-order valence-corrected chi connectivity index (χ3v) is 3.25. The average molecular weight is 277 g/mol. The SMILES string of the molecule is COC(C(O)c1cc(Cl)ccc1Cl)C(C)(C)C. The standard InChI is InChI=1S/C13H18Cl2O2/c1-13(2,3)12(17-4)11(16)9-7-8(14)5-6-10(9)15/h5-7,11-12,16H,1-4H3. The van der Waals surface area contributed by atoms with Gasteiger partial charge in [-0.1, -0.05) is 44.0 Å². The van der Waals surface area contributed by atoms with E-state index < -0.39 is 6.10 Å². The molecule has 2 atom stereocenters. The summed E-state index contributed by atoms with van der Waals surface area (Å²) in [5.41, 5.74) is 0.403. The van der Waals surface area contributed by atoms with Crippen molar-refractivity contribution >= 4 is 23.2 Å². The molecule has 96 valence electrons. The molecular formula is C13H18Cl2O2. The smallest absolute Gasteiger partial charge is 0.107 e. The fourth-order valence-electron chi connectivity index (χ4n) is 1.86. The van der Waals surface area contributed by atoms with Gasteiger partial charge in [0.15, 0.2) is 0 Å². The molecule has 1 aromatic carbocycles. The average Bonchev–Trinajstić information content (AvgIpc) is 2.20. The Labute approximate surface area is 113 Å². The highest BCUT2D eigenvalue weighted by molar-refractivity contribution is 6.33. The Morgan fingerprint density at radius 3 is 2.29 bits per heavy atom. The fraction of sp³-hybridized carbons (Fsp3) is 0.538. The molecule has 1 rings (SSSR count). The minimum atomic E-state index is -0.800. The van der Waals surface area contributed by atoms with Gasteiger partial charge in [-0.3, -0.25) is 0 Å². The van der Waals surface area contributed by atoms with E-state index in [1.807, 2.05) is 20.8 Å². The lowest BCUT2D eigenvalue weighted by Gasteiger charge is -2.33. The topological polar surface area (TPSA) is 29.5 Å². The minimum absolute atomic E-state index is 0.195. The normalized spacial score (nSPS) is 15.7. The molecule has 0 aliphatic rings. The van der Waals surface area contributed by atoms with Crippen LogP contribution in [0.15, 0.2) is 18.2 Å². The summed E-state index contributed by atoms with van der Waals surface area (Å²) in [4.78, 5) is 0. The van der Waals surface area contributed by atoms with Crippen molar-refractivity contribution in [2.24, 2.45) is 5.41 Å². The van der Waals surface area contributed by atoms with E-state index in [-0.39, 0.29) is 11.5 Å². The Balaban J connectivity index is 3.10. The Morgan fingerprint density at radius 1 is 1.24 bits per heavy atom. The molecule has 2 nitrogen and oxygen atoms in total. The van der Waals surface area contributed by atoms with E-state index in [0.717, 1.165) is 0 Å². The Morgan fingerprint density at radius 2 is 1.82 bits per heavy atom. The Hall–Kier alpha value is -0.280. The molecule has 1 N–H and O–H groups in total. The monoisotopic (exact) mass is 276 g/mol. The first-order valence-electron chi connectivity index (χ1n) is 5.43. The molecule has 0 aliphatic heterocycles. The van der Waals surface area contributed by atoms with Gasteiger partial charge >= 0.3 is 0 Å². The second-order valence-electron chi connectivity index (χ2n) is 5.13. The van der Waals surface area contributed by atoms with Crippen molar-refractivity contribution in [3.05, 3.63) is 33.8 Å². The number of hydrogen-bond donors (Lipinski definition) is 1. The summed E-state index contributed by atoms with van der Waals surface area (Å²) in [7, 11) is 1.58. The molecule has 0 fully saturated rings. The molecule has 0 heterocycles. The lowest BCUT2D eigenvalue weighted by Crippen LogP contribution is -2.34. The zero-order valence-corrected chi connectivity index (χ0v) is 12.0. The van der Waals surface area contributed by atoms with Crippen LogP contribution in [0.2, 0.25) is 10.0 Å². The van der Waals surface area contributed by atoms with Gasteiger partial charge in [-0.2, -0.15) is 0 Å².